The number of hydrogen-bond acceptors (Lipinski definition) is 6. The fourth-order valence-electron chi connectivity index (χ4n) is 4.69. The van der Waals surface area contributed by atoms with Crippen LogP contribution in [0.1, 0.15) is 56.4 Å². The fraction of sp³-hybridized carbons (Fsp3) is 0.522. The number of halogens is 1. The summed E-state index contributed by atoms with van der Waals surface area (Å²) >= 11 is 1.39. The lowest BCUT2D eigenvalue weighted by Gasteiger charge is -2.33. The first-order valence-electron chi connectivity index (χ1n) is 11.3. The molecule has 3 heterocycles. The van der Waals surface area contributed by atoms with E-state index in [1.54, 1.807) is 6.07 Å². The number of fused-ring (bicyclic) bond motifs is 3. The Balaban J connectivity index is 1.67. The number of nitrogen functional groups attached to an aromatic ring is 1. The van der Waals surface area contributed by atoms with Crippen LogP contribution in [-0.2, 0) is 4.79 Å². The second-order valence-electron chi connectivity index (χ2n) is 9.35. The summed E-state index contributed by atoms with van der Waals surface area (Å²) in [5.74, 6) is -0.429. The van der Waals surface area contributed by atoms with E-state index in [4.69, 9.17) is 11.5 Å². The smallest absolute Gasteiger partial charge is 0.255 e. The van der Waals surface area contributed by atoms with Gasteiger partial charge in [-0.2, -0.15) is 0 Å². The van der Waals surface area contributed by atoms with Crippen molar-refractivity contribution in [3.8, 4) is 0 Å². The molecule has 1 aromatic heterocycles. The third-order valence-electron chi connectivity index (χ3n) is 6.36. The molecule has 0 saturated carbocycles. The molecule has 0 unspecified atom stereocenters. The van der Waals surface area contributed by atoms with Gasteiger partial charge in [-0.3, -0.25) is 14.4 Å². The number of anilines is 2. The number of hydrogen-bond donors (Lipinski definition) is 3. The maximum atomic E-state index is 15.3. The molecule has 2 aliphatic rings. The van der Waals surface area contributed by atoms with Crippen molar-refractivity contribution < 1.29 is 14.0 Å². The Morgan fingerprint density at radius 2 is 1.97 bits per heavy atom. The standard InChI is InChI=1S/C23H30FN5O3S/c1-11(2)8-16(30)28-6-4-13(5-7-28)27-14-9-15-17(20(25)19(14)24)21(31)18(22(26)32)23-29(15)12(3)10-33-23/h9,11-13,27H,4-8,10,25H2,1-3H3,(H2,26,32)/t12-/m1/s1. The molecule has 8 nitrogen and oxygen atoms in total. The van der Waals surface area contributed by atoms with Crippen LogP contribution in [0.15, 0.2) is 15.9 Å². The highest BCUT2D eigenvalue weighted by molar-refractivity contribution is 7.99. The maximum absolute atomic E-state index is 15.3. The molecule has 2 amide bonds. The molecule has 0 spiro atoms. The van der Waals surface area contributed by atoms with Crippen molar-refractivity contribution in [1.82, 2.24) is 9.47 Å². The molecule has 0 aliphatic carbocycles. The summed E-state index contributed by atoms with van der Waals surface area (Å²) in [6.45, 7) is 7.23. The van der Waals surface area contributed by atoms with Crippen molar-refractivity contribution in [1.29, 1.82) is 0 Å². The van der Waals surface area contributed by atoms with Crippen molar-refractivity contribution in [2.45, 2.75) is 57.1 Å². The molecule has 1 atom stereocenters. The number of nitrogens with two attached hydrogens (primary N) is 2. The van der Waals surface area contributed by atoms with E-state index in [1.165, 1.54) is 11.8 Å². The first kappa shape index (κ1) is 23.4. The number of carbonyl (C=O) groups excluding carboxylic acids is 2. The molecule has 10 heteroatoms. The Hall–Kier alpha value is -2.75. The molecule has 1 fully saturated rings. The van der Waals surface area contributed by atoms with Crippen LogP contribution in [0.3, 0.4) is 0 Å². The molecule has 2 aliphatic heterocycles. The van der Waals surface area contributed by atoms with Gasteiger partial charge < -0.3 is 26.3 Å². The van der Waals surface area contributed by atoms with Gasteiger partial charge in [0.25, 0.3) is 5.91 Å². The minimum atomic E-state index is -0.840. The number of rotatable bonds is 5. The first-order chi connectivity index (χ1) is 15.6. The predicted molar refractivity (Wildman–Crippen MR) is 129 cm³/mol. The van der Waals surface area contributed by atoms with Gasteiger partial charge in [-0.25, -0.2) is 4.39 Å². The largest absolute Gasteiger partial charge is 0.396 e. The van der Waals surface area contributed by atoms with Crippen molar-refractivity contribution in [2.75, 3.05) is 29.9 Å². The zero-order valence-electron chi connectivity index (χ0n) is 19.1. The van der Waals surface area contributed by atoms with Crippen LogP contribution >= 0.6 is 11.8 Å². The molecular weight excluding hydrogens is 445 g/mol. The number of nitrogens with zero attached hydrogens (tertiary/aromatic N) is 2. The summed E-state index contributed by atoms with van der Waals surface area (Å²) in [6, 6.07) is 1.56. The Morgan fingerprint density at radius 1 is 1.30 bits per heavy atom. The molecule has 33 heavy (non-hydrogen) atoms. The van der Waals surface area contributed by atoms with Crippen LogP contribution in [-0.4, -0.2) is 46.2 Å². The lowest BCUT2D eigenvalue weighted by Crippen LogP contribution is -2.42. The number of primary amides is 1. The Morgan fingerprint density at radius 3 is 2.58 bits per heavy atom. The molecule has 5 N–H and O–H groups in total. The van der Waals surface area contributed by atoms with Crippen molar-refractivity contribution in [3.05, 3.63) is 27.7 Å². The number of pyridine rings is 1. The van der Waals surface area contributed by atoms with Crippen LogP contribution in [0.5, 0.6) is 0 Å². The van der Waals surface area contributed by atoms with Crippen molar-refractivity contribution in [2.24, 2.45) is 11.7 Å². The van der Waals surface area contributed by atoms with Gasteiger partial charge in [0.1, 0.15) is 5.56 Å². The minimum Gasteiger partial charge on any atom is -0.396 e. The van der Waals surface area contributed by atoms with E-state index < -0.39 is 17.2 Å². The number of aromatic nitrogens is 1. The number of benzene rings is 1. The highest BCUT2D eigenvalue weighted by atomic mass is 32.2. The summed E-state index contributed by atoms with van der Waals surface area (Å²) in [7, 11) is 0. The summed E-state index contributed by atoms with van der Waals surface area (Å²) in [5, 5.41) is 3.73. The topological polar surface area (TPSA) is 123 Å². The highest BCUT2D eigenvalue weighted by Crippen LogP contribution is 2.40. The van der Waals surface area contributed by atoms with Gasteiger partial charge in [-0.1, -0.05) is 13.8 Å². The lowest BCUT2D eigenvalue weighted by molar-refractivity contribution is -0.132. The molecular formula is C23H30FN5O3S. The number of likely N-dealkylation sites (tertiary alicyclic amines) is 1. The molecule has 1 aromatic carbocycles. The molecule has 4 rings (SSSR count). The Kier molecular flexibility index (Phi) is 6.30. The number of thioether (sulfide) groups is 1. The highest BCUT2D eigenvalue weighted by Gasteiger charge is 2.31. The van der Waals surface area contributed by atoms with Gasteiger partial charge in [-0.05, 0) is 31.7 Å². The predicted octanol–water partition coefficient (Wildman–Crippen LogP) is 2.94. The monoisotopic (exact) mass is 475 g/mol. The maximum Gasteiger partial charge on any atom is 0.255 e. The van der Waals surface area contributed by atoms with Crippen LogP contribution in [0.2, 0.25) is 0 Å². The summed E-state index contributed by atoms with van der Waals surface area (Å²) in [5.41, 5.74) is 11.2. The molecule has 0 bridgehead atoms. The van der Waals surface area contributed by atoms with E-state index in [9.17, 15) is 14.4 Å². The third-order valence-corrected chi connectivity index (χ3v) is 7.69. The van der Waals surface area contributed by atoms with E-state index in [1.807, 2.05) is 30.2 Å². The van der Waals surface area contributed by atoms with Crippen LogP contribution in [0.25, 0.3) is 10.9 Å². The van der Waals surface area contributed by atoms with E-state index >= 15 is 4.39 Å². The summed E-state index contributed by atoms with van der Waals surface area (Å²) < 4.78 is 17.1. The zero-order chi connectivity index (χ0) is 24.0. The molecule has 178 valence electrons. The lowest BCUT2D eigenvalue weighted by atomic mass is 10.0. The summed E-state index contributed by atoms with van der Waals surface area (Å²) in [6.07, 6.45) is 1.90. The fourth-order valence-corrected chi connectivity index (χ4v) is 6.00. The second kappa shape index (κ2) is 8.89. The van der Waals surface area contributed by atoms with Gasteiger partial charge in [0.05, 0.1) is 27.3 Å². The average molecular weight is 476 g/mol. The van der Waals surface area contributed by atoms with E-state index in [0.29, 0.717) is 54.6 Å². The van der Waals surface area contributed by atoms with Crippen LogP contribution in [0, 0.1) is 11.7 Å². The number of amides is 2. The normalized spacial score (nSPS) is 18.7. The quantitative estimate of drug-likeness (QED) is 0.572. The van der Waals surface area contributed by atoms with Crippen LogP contribution < -0.4 is 22.2 Å². The van der Waals surface area contributed by atoms with Gasteiger partial charge in [0, 0.05) is 37.3 Å². The number of carbonyl (C=O) groups is 2. The van der Waals surface area contributed by atoms with Gasteiger partial charge in [0.2, 0.25) is 11.3 Å². The Bertz CT molecular complexity index is 1190. The van der Waals surface area contributed by atoms with Gasteiger partial charge in [-0.15, -0.1) is 11.8 Å². The molecule has 0 radical (unpaired) electrons. The zero-order valence-corrected chi connectivity index (χ0v) is 19.9. The molecule has 1 saturated heterocycles. The van der Waals surface area contributed by atoms with Crippen LogP contribution in [0.4, 0.5) is 15.8 Å². The SMILES string of the molecule is CC(C)CC(=O)N1CCC(Nc2cc3c(c(N)c2F)c(=O)c(C(N)=O)c2n3[C@H](C)CS2)CC1. The van der Waals surface area contributed by atoms with Gasteiger partial charge >= 0.3 is 0 Å². The third kappa shape index (κ3) is 4.16. The van der Waals surface area contributed by atoms with Crippen molar-refractivity contribution >= 4 is 45.9 Å². The van der Waals surface area contributed by atoms with E-state index in [0.717, 1.165) is 0 Å². The molecule has 2 aromatic rings. The van der Waals surface area contributed by atoms with E-state index in [2.05, 4.69) is 5.32 Å². The Labute approximate surface area is 195 Å². The summed E-state index contributed by atoms with van der Waals surface area (Å²) in [4.78, 5) is 39.3. The van der Waals surface area contributed by atoms with Crippen molar-refractivity contribution in [3.63, 3.8) is 0 Å². The van der Waals surface area contributed by atoms with Gasteiger partial charge in [0.15, 0.2) is 5.82 Å². The minimum absolute atomic E-state index is 0.0147. The van der Waals surface area contributed by atoms with E-state index in [-0.39, 0.29) is 40.3 Å². The number of nitrogens with one attached hydrogen (secondary N) is 1. The first-order valence-corrected chi connectivity index (χ1v) is 12.3. The average Bonchev–Trinajstić information content (AvgIpc) is 3.12. The number of piperidine rings is 1. The second-order valence-corrected chi connectivity index (χ2v) is 10.4.